The number of hydrogen-bond donors (Lipinski definition) is 0. The molecular formula is C29H24BClF4N2O5. The minimum absolute atomic E-state index is 0.0478. The van der Waals surface area contributed by atoms with E-state index in [9.17, 15) is 22.8 Å². The van der Waals surface area contributed by atoms with Crippen LogP contribution in [0.1, 0.15) is 54.0 Å². The molecule has 4 aromatic rings. The summed E-state index contributed by atoms with van der Waals surface area (Å²) in [6.07, 6.45) is -4.90. The van der Waals surface area contributed by atoms with Crippen LogP contribution in [0.4, 0.5) is 17.6 Å². The first-order valence-corrected chi connectivity index (χ1v) is 13.1. The Morgan fingerprint density at radius 3 is 2.26 bits per heavy atom. The zero-order valence-electron chi connectivity index (χ0n) is 23.1. The Kier molecular flexibility index (Phi) is 7.24. The summed E-state index contributed by atoms with van der Waals surface area (Å²) in [5.74, 6) is -2.81. The maximum absolute atomic E-state index is 15.3. The molecule has 0 unspecified atom stereocenters. The van der Waals surface area contributed by atoms with Gasteiger partial charge in [-0.1, -0.05) is 29.8 Å². The number of nitrogens with zero attached hydrogens (tertiary/aromatic N) is 2. The molecule has 0 atom stereocenters. The van der Waals surface area contributed by atoms with Gasteiger partial charge < -0.3 is 14.0 Å². The average Bonchev–Trinajstić information content (AvgIpc) is 3.39. The van der Waals surface area contributed by atoms with Gasteiger partial charge in [-0.3, -0.25) is 4.79 Å². The van der Waals surface area contributed by atoms with Crippen LogP contribution in [0.3, 0.4) is 0 Å². The molecule has 1 saturated heterocycles. The number of fused-ring (bicyclic) bond motifs is 1. The van der Waals surface area contributed by atoms with Gasteiger partial charge in [0.15, 0.2) is 0 Å². The molecule has 0 radical (unpaired) electrons. The quantitative estimate of drug-likeness (QED) is 0.155. The van der Waals surface area contributed by atoms with E-state index in [4.69, 9.17) is 20.9 Å². The molecule has 3 aromatic carbocycles. The minimum Gasteiger partial charge on any atom is -0.465 e. The first-order valence-electron chi connectivity index (χ1n) is 12.7. The van der Waals surface area contributed by atoms with Crippen LogP contribution in [0, 0.1) is 5.82 Å². The van der Waals surface area contributed by atoms with E-state index in [2.05, 4.69) is 9.84 Å². The molecule has 0 aliphatic carbocycles. The summed E-state index contributed by atoms with van der Waals surface area (Å²) in [5, 5.41) is 4.09. The predicted octanol–water partition coefficient (Wildman–Crippen LogP) is 6.29. The number of hydrogen-bond acceptors (Lipinski definition) is 6. The highest BCUT2D eigenvalue weighted by Crippen LogP contribution is 2.39. The predicted molar refractivity (Wildman–Crippen MR) is 148 cm³/mol. The molecule has 2 heterocycles. The number of benzene rings is 3. The van der Waals surface area contributed by atoms with E-state index in [0.717, 1.165) is 36.1 Å². The van der Waals surface area contributed by atoms with Crippen LogP contribution >= 0.6 is 11.6 Å². The second-order valence-electron chi connectivity index (χ2n) is 10.8. The molecule has 0 amide bonds. The van der Waals surface area contributed by atoms with Crippen LogP contribution in [-0.4, -0.2) is 47.1 Å². The Morgan fingerprint density at radius 2 is 1.67 bits per heavy atom. The lowest BCUT2D eigenvalue weighted by Crippen LogP contribution is -2.41. The van der Waals surface area contributed by atoms with E-state index >= 15 is 4.39 Å². The molecule has 0 saturated carbocycles. The number of methoxy groups -OCH3 is 1. The van der Waals surface area contributed by atoms with Gasteiger partial charge in [0.1, 0.15) is 11.5 Å². The normalized spacial score (nSPS) is 16.2. The van der Waals surface area contributed by atoms with Crippen molar-refractivity contribution in [2.75, 3.05) is 7.11 Å². The van der Waals surface area contributed by atoms with Crippen LogP contribution in [-0.2, 0) is 20.2 Å². The molecule has 1 fully saturated rings. The van der Waals surface area contributed by atoms with Gasteiger partial charge in [0, 0.05) is 10.9 Å². The zero-order valence-corrected chi connectivity index (χ0v) is 23.9. The Morgan fingerprint density at radius 1 is 1.00 bits per heavy atom. The van der Waals surface area contributed by atoms with Crippen LogP contribution in [0.5, 0.6) is 0 Å². The third-order valence-electron chi connectivity index (χ3n) is 7.60. The molecule has 5 rings (SSSR count). The largest absolute Gasteiger partial charge is 0.494 e. The molecule has 0 spiro atoms. The third-order valence-corrected chi connectivity index (χ3v) is 7.92. The van der Waals surface area contributed by atoms with E-state index in [0.29, 0.717) is 5.46 Å². The lowest BCUT2D eigenvalue weighted by atomic mass is 9.78. The minimum atomic E-state index is -4.90. The van der Waals surface area contributed by atoms with Gasteiger partial charge in [-0.2, -0.15) is 23.0 Å². The van der Waals surface area contributed by atoms with Crippen molar-refractivity contribution >= 4 is 47.0 Å². The van der Waals surface area contributed by atoms with E-state index in [1.165, 1.54) is 18.2 Å². The van der Waals surface area contributed by atoms with Crippen molar-refractivity contribution in [3.8, 4) is 11.3 Å². The molecule has 1 aliphatic rings. The number of aromatic nitrogens is 2. The Bertz CT molecular complexity index is 1740. The van der Waals surface area contributed by atoms with Crippen molar-refractivity contribution in [3.05, 3.63) is 82.1 Å². The summed E-state index contributed by atoms with van der Waals surface area (Å²) in [5.41, 5.74) is -3.15. The zero-order chi connectivity index (χ0) is 30.8. The summed E-state index contributed by atoms with van der Waals surface area (Å²) in [4.78, 5) is 25.7. The van der Waals surface area contributed by atoms with Crippen molar-refractivity contribution in [2.24, 2.45) is 0 Å². The molecule has 218 valence electrons. The van der Waals surface area contributed by atoms with Gasteiger partial charge >= 0.3 is 19.3 Å². The number of esters is 1. The molecule has 1 aliphatic heterocycles. The SMILES string of the molecule is COC(=O)c1ccc(-c2nn(C(=O)c3c(Cl)cccc3C(F)(F)F)c3cc(B4OC(C)(C)C(C)(C)O4)ccc23)c(F)c1. The molecule has 42 heavy (non-hydrogen) atoms. The summed E-state index contributed by atoms with van der Waals surface area (Å²) >= 11 is 6.13. The lowest BCUT2D eigenvalue weighted by Gasteiger charge is -2.32. The van der Waals surface area contributed by atoms with Gasteiger partial charge in [-0.05, 0) is 69.6 Å². The monoisotopic (exact) mass is 602 g/mol. The lowest BCUT2D eigenvalue weighted by molar-refractivity contribution is -0.137. The third kappa shape index (κ3) is 4.97. The van der Waals surface area contributed by atoms with Crippen molar-refractivity contribution in [2.45, 2.75) is 45.1 Å². The molecule has 1 aromatic heterocycles. The van der Waals surface area contributed by atoms with E-state index < -0.39 is 58.3 Å². The van der Waals surface area contributed by atoms with Crippen molar-refractivity contribution < 1.29 is 41.2 Å². The van der Waals surface area contributed by atoms with Crippen LogP contribution in [0.25, 0.3) is 22.2 Å². The summed E-state index contributed by atoms with van der Waals surface area (Å²) < 4.78 is 74.7. The Hall–Kier alpha value is -3.74. The Labute approximate surface area is 243 Å². The second-order valence-corrected chi connectivity index (χ2v) is 11.2. The molecule has 7 nitrogen and oxygen atoms in total. The van der Waals surface area contributed by atoms with Crippen molar-refractivity contribution in [1.29, 1.82) is 0 Å². The van der Waals surface area contributed by atoms with Gasteiger partial charge in [0.2, 0.25) is 0 Å². The fourth-order valence-corrected chi connectivity index (χ4v) is 4.90. The topological polar surface area (TPSA) is 79.7 Å². The fraction of sp³-hybridized carbons (Fsp3) is 0.276. The van der Waals surface area contributed by atoms with Crippen molar-refractivity contribution in [1.82, 2.24) is 9.78 Å². The number of rotatable bonds is 4. The highest BCUT2D eigenvalue weighted by molar-refractivity contribution is 6.62. The van der Waals surface area contributed by atoms with Gasteiger partial charge in [0.05, 0.1) is 45.5 Å². The van der Waals surface area contributed by atoms with Crippen molar-refractivity contribution in [3.63, 3.8) is 0 Å². The van der Waals surface area contributed by atoms with E-state index in [1.807, 2.05) is 27.7 Å². The first kappa shape index (κ1) is 29.7. The maximum atomic E-state index is 15.3. The Balaban J connectivity index is 1.73. The van der Waals surface area contributed by atoms with Gasteiger partial charge in [-0.15, -0.1) is 0 Å². The molecule has 0 bridgehead atoms. The summed E-state index contributed by atoms with van der Waals surface area (Å²) in [6, 6.07) is 11.2. The number of ether oxygens (including phenoxy) is 1. The standard InChI is InChI=1S/C29H24BClF4N2O5/c1-27(2)28(3,4)42-30(41-27)16-10-12-18-22(14-16)37(25(38)23-19(29(33,34)35)7-6-8-20(23)31)36-24(18)17-11-9-15(13-21(17)32)26(39)40-5/h6-14H,1-5H3. The smallest absolute Gasteiger partial charge is 0.465 e. The van der Waals surface area contributed by atoms with Gasteiger partial charge in [-0.25, -0.2) is 9.18 Å². The van der Waals surface area contributed by atoms with E-state index in [1.54, 1.807) is 12.1 Å². The number of carbonyl (C=O) groups is 2. The van der Waals surface area contributed by atoms with Crippen LogP contribution in [0.15, 0.2) is 54.6 Å². The second kappa shape index (κ2) is 10.2. The van der Waals surface area contributed by atoms with Gasteiger partial charge in [0.25, 0.3) is 5.91 Å². The molecule has 0 N–H and O–H groups in total. The number of carbonyl (C=O) groups excluding carboxylic acids is 2. The number of halogens is 5. The maximum Gasteiger partial charge on any atom is 0.494 e. The number of alkyl halides is 3. The highest BCUT2D eigenvalue weighted by Gasteiger charge is 2.51. The molecular weight excluding hydrogens is 579 g/mol. The molecule has 13 heteroatoms. The van der Waals surface area contributed by atoms with Crippen LogP contribution in [0.2, 0.25) is 5.02 Å². The average molecular weight is 603 g/mol. The highest BCUT2D eigenvalue weighted by atomic mass is 35.5. The summed E-state index contributed by atoms with van der Waals surface area (Å²) in [7, 11) is 0.277. The fourth-order valence-electron chi connectivity index (χ4n) is 4.65. The summed E-state index contributed by atoms with van der Waals surface area (Å²) in [6.45, 7) is 7.42. The van der Waals surface area contributed by atoms with Crippen LogP contribution < -0.4 is 5.46 Å². The first-order chi connectivity index (χ1) is 19.6. The van der Waals surface area contributed by atoms with E-state index in [-0.39, 0.29) is 27.7 Å².